The Bertz CT molecular complexity index is 1650. The first-order valence-corrected chi connectivity index (χ1v) is 16.1. The van der Waals surface area contributed by atoms with Crippen molar-refractivity contribution in [2.24, 2.45) is 5.92 Å². The van der Waals surface area contributed by atoms with Gasteiger partial charge in [-0.3, -0.25) is 4.79 Å². The summed E-state index contributed by atoms with van der Waals surface area (Å²) < 4.78 is 40.6. The van der Waals surface area contributed by atoms with E-state index in [2.05, 4.69) is 5.32 Å². The van der Waals surface area contributed by atoms with E-state index in [1.54, 1.807) is 24.3 Å². The van der Waals surface area contributed by atoms with Crippen LogP contribution in [0.4, 0.5) is 13.2 Å². The molecular weight excluding hydrogens is 639 g/mol. The predicted molar refractivity (Wildman–Crippen MR) is 172 cm³/mol. The van der Waals surface area contributed by atoms with Crippen molar-refractivity contribution in [1.82, 2.24) is 9.88 Å². The second-order valence-corrected chi connectivity index (χ2v) is 12.5. The van der Waals surface area contributed by atoms with E-state index in [9.17, 15) is 27.9 Å². The van der Waals surface area contributed by atoms with Crippen molar-refractivity contribution in [3.63, 3.8) is 0 Å². The molecule has 7 rings (SSSR count). The van der Waals surface area contributed by atoms with Gasteiger partial charge in [0.05, 0.1) is 19.6 Å². The molecule has 258 valence electrons. The number of halogens is 3. The lowest BCUT2D eigenvalue weighted by Crippen LogP contribution is -2.65. The van der Waals surface area contributed by atoms with E-state index in [0.29, 0.717) is 29.2 Å². The second-order valence-electron chi connectivity index (χ2n) is 12.5. The SMILES string of the molecule is O=C(NCCC[N+]12CCC(CC1)[C@@H](OC(=O)C(O)(c1ccccc1)c1ccccc1)C2)c1ccc(-n2cccc2)cc1.O=C([O-])C(F)(F)F. The maximum absolute atomic E-state index is 13.7. The van der Waals surface area contributed by atoms with E-state index in [0.717, 1.165) is 55.6 Å². The molecule has 1 amide bonds. The zero-order valence-electron chi connectivity index (χ0n) is 26.7. The number of carbonyl (C=O) groups excluding carboxylic acids is 3. The van der Waals surface area contributed by atoms with Gasteiger partial charge in [-0.1, -0.05) is 60.7 Å². The fourth-order valence-electron chi connectivity index (χ4n) is 6.66. The maximum atomic E-state index is 13.7. The van der Waals surface area contributed by atoms with Gasteiger partial charge in [-0.15, -0.1) is 0 Å². The highest BCUT2D eigenvalue weighted by Crippen LogP contribution is 2.38. The third-order valence-corrected chi connectivity index (χ3v) is 9.34. The van der Waals surface area contributed by atoms with Crippen LogP contribution in [0.2, 0.25) is 0 Å². The lowest BCUT2D eigenvalue weighted by Gasteiger charge is -2.52. The summed E-state index contributed by atoms with van der Waals surface area (Å²) in [4.78, 5) is 35.3. The van der Waals surface area contributed by atoms with Gasteiger partial charge in [0.2, 0.25) is 5.60 Å². The number of carboxylic acids is 1. The van der Waals surface area contributed by atoms with E-state index < -0.39 is 23.7 Å². The molecule has 49 heavy (non-hydrogen) atoms. The van der Waals surface area contributed by atoms with Gasteiger partial charge >= 0.3 is 12.1 Å². The van der Waals surface area contributed by atoms with Crippen LogP contribution in [-0.4, -0.2) is 77.0 Å². The van der Waals surface area contributed by atoms with Crippen molar-refractivity contribution < 1.29 is 47.0 Å². The number of carbonyl (C=O) groups is 3. The number of aromatic nitrogens is 1. The van der Waals surface area contributed by atoms with E-state index in [-0.39, 0.29) is 12.0 Å². The molecule has 0 saturated carbocycles. The minimum absolute atomic E-state index is 0.0701. The van der Waals surface area contributed by atoms with Crippen LogP contribution in [-0.2, 0) is 19.9 Å². The third-order valence-electron chi connectivity index (χ3n) is 9.34. The number of benzene rings is 3. The monoisotopic (exact) mass is 677 g/mol. The largest absolute Gasteiger partial charge is 0.542 e. The summed E-state index contributed by atoms with van der Waals surface area (Å²) in [6.45, 7) is 4.35. The van der Waals surface area contributed by atoms with Gasteiger partial charge in [0, 0.05) is 55.4 Å². The summed E-state index contributed by atoms with van der Waals surface area (Å²) in [6, 6.07) is 29.6. The Morgan fingerprint density at radius 1 is 0.857 bits per heavy atom. The molecule has 3 aliphatic heterocycles. The van der Waals surface area contributed by atoms with Crippen molar-refractivity contribution in [2.45, 2.75) is 37.1 Å². The Balaban J connectivity index is 0.000000606. The van der Waals surface area contributed by atoms with Crippen molar-refractivity contribution in [1.29, 1.82) is 0 Å². The molecule has 1 atom stereocenters. The Morgan fingerprint density at radius 2 is 1.39 bits per heavy atom. The minimum Gasteiger partial charge on any atom is -0.542 e. The molecule has 3 aromatic carbocycles. The molecule has 4 aromatic rings. The topological polar surface area (TPSA) is 121 Å². The van der Waals surface area contributed by atoms with Crippen LogP contribution in [0.15, 0.2) is 109 Å². The van der Waals surface area contributed by atoms with Gasteiger partial charge in [-0.25, -0.2) is 4.79 Å². The third kappa shape index (κ3) is 8.38. The minimum atomic E-state index is -5.19. The number of aliphatic carboxylic acids is 1. The molecular formula is C37H38F3N3O6. The highest BCUT2D eigenvalue weighted by molar-refractivity contribution is 5.94. The number of ether oxygens (including phenoxy) is 1. The average Bonchev–Trinajstić information content (AvgIpc) is 3.66. The molecule has 3 aliphatic rings. The lowest BCUT2D eigenvalue weighted by atomic mass is 9.82. The molecule has 3 fully saturated rings. The molecule has 2 bridgehead atoms. The number of hydrogen-bond donors (Lipinski definition) is 2. The first kappa shape index (κ1) is 35.4. The Kier molecular flexibility index (Phi) is 10.9. The lowest BCUT2D eigenvalue weighted by molar-refractivity contribution is -0.946. The summed E-state index contributed by atoms with van der Waals surface area (Å²) in [6.07, 6.45) is 1.34. The molecule has 0 radical (unpaired) electrons. The number of aliphatic hydroxyl groups is 1. The van der Waals surface area contributed by atoms with Crippen molar-refractivity contribution in [3.8, 4) is 5.69 Å². The van der Waals surface area contributed by atoms with Gasteiger partial charge in [0.25, 0.3) is 5.91 Å². The zero-order chi connectivity index (χ0) is 35.1. The summed E-state index contributed by atoms with van der Waals surface area (Å²) >= 11 is 0. The number of piperidine rings is 3. The number of nitrogens with one attached hydrogen (secondary N) is 1. The summed E-state index contributed by atoms with van der Waals surface area (Å²) in [5, 5.41) is 23.7. The van der Waals surface area contributed by atoms with E-state index >= 15 is 0 Å². The number of carboxylic acid groups (broad SMARTS) is 1. The molecule has 9 nitrogen and oxygen atoms in total. The molecule has 1 aromatic heterocycles. The predicted octanol–water partition coefficient (Wildman–Crippen LogP) is 3.98. The molecule has 2 N–H and O–H groups in total. The first-order valence-electron chi connectivity index (χ1n) is 16.1. The Hall–Kier alpha value is -4.94. The molecule has 0 aliphatic carbocycles. The number of quaternary nitrogens is 1. The maximum Gasteiger partial charge on any atom is 0.430 e. The average molecular weight is 678 g/mol. The van der Waals surface area contributed by atoms with Gasteiger partial charge < -0.3 is 34.1 Å². The van der Waals surface area contributed by atoms with Crippen molar-refractivity contribution in [2.75, 3.05) is 32.7 Å². The number of nitrogens with zero attached hydrogens (tertiary/aromatic N) is 2. The number of esters is 1. The molecule has 0 unspecified atom stereocenters. The number of amides is 1. The molecule has 3 saturated heterocycles. The van der Waals surface area contributed by atoms with Crippen LogP contribution in [0, 0.1) is 5.92 Å². The number of fused-ring (bicyclic) bond motifs is 3. The smallest absolute Gasteiger partial charge is 0.430 e. The number of alkyl halides is 3. The highest BCUT2D eigenvalue weighted by Gasteiger charge is 2.50. The molecule has 0 spiro atoms. The second kappa shape index (κ2) is 15.1. The van der Waals surface area contributed by atoms with E-state index in [1.807, 2.05) is 89.8 Å². The van der Waals surface area contributed by atoms with Crippen LogP contribution in [0.3, 0.4) is 0 Å². The number of hydrogen-bond acceptors (Lipinski definition) is 6. The first-order chi connectivity index (χ1) is 23.4. The van der Waals surface area contributed by atoms with Crippen LogP contribution >= 0.6 is 0 Å². The standard InChI is InChI=1S/C35H37N3O4.C2HF3O2/c39-33(28-14-16-31(17-15-28)37-21-7-8-22-37)36-20-9-23-38-24-18-27(19-25-38)32(26-38)42-34(40)35(41,29-10-3-1-4-11-29)30-12-5-2-6-13-30;3-2(4,5)1(6)7/h1-8,10-17,21-22,27,32,41H,9,18-20,23-26H2;(H,6,7)/t27?,32-,38?;/m0./s1. The van der Waals surface area contributed by atoms with Crippen LogP contribution in [0.5, 0.6) is 0 Å². The van der Waals surface area contributed by atoms with Gasteiger partial charge in [-0.05, 0) is 47.5 Å². The van der Waals surface area contributed by atoms with E-state index in [4.69, 9.17) is 14.6 Å². The van der Waals surface area contributed by atoms with Crippen LogP contribution in [0.25, 0.3) is 5.69 Å². The fourth-order valence-corrected chi connectivity index (χ4v) is 6.66. The highest BCUT2D eigenvalue weighted by atomic mass is 19.4. The summed E-state index contributed by atoms with van der Waals surface area (Å²) in [7, 11) is 0. The van der Waals surface area contributed by atoms with Crippen LogP contribution < -0.4 is 10.4 Å². The Morgan fingerprint density at radius 3 is 1.90 bits per heavy atom. The molecule has 4 heterocycles. The van der Waals surface area contributed by atoms with Crippen LogP contribution in [0.1, 0.15) is 40.7 Å². The summed E-state index contributed by atoms with van der Waals surface area (Å²) in [5.74, 6) is -3.39. The van der Waals surface area contributed by atoms with Gasteiger partial charge in [-0.2, -0.15) is 13.2 Å². The normalized spacial score (nSPS) is 20.1. The van der Waals surface area contributed by atoms with Crippen molar-refractivity contribution in [3.05, 3.63) is 126 Å². The summed E-state index contributed by atoms with van der Waals surface area (Å²) in [5.41, 5.74) is 0.794. The van der Waals surface area contributed by atoms with Crippen molar-refractivity contribution >= 4 is 17.8 Å². The number of rotatable bonds is 10. The quantitative estimate of drug-likeness (QED) is 0.149. The zero-order valence-corrected chi connectivity index (χ0v) is 26.7. The molecule has 12 heteroatoms. The van der Waals surface area contributed by atoms with Gasteiger partial charge in [0.15, 0.2) is 6.10 Å². The Labute approximate surface area is 282 Å². The fraction of sp³-hybridized carbons (Fsp3) is 0.324. The van der Waals surface area contributed by atoms with E-state index in [1.165, 1.54) is 0 Å². The van der Waals surface area contributed by atoms with Gasteiger partial charge in [0.1, 0.15) is 12.5 Å².